The van der Waals surface area contributed by atoms with Crippen LogP contribution in [-0.4, -0.2) is 20.6 Å². The van der Waals surface area contributed by atoms with Gasteiger partial charge in [-0.25, -0.2) is 4.98 Å². The molecule has 0 atom stereocenters. The largest absolute Gasteiger partial charge is 0.480 e. The van der Waals surface area contributed by atoms with Crippen LogP contribution in [0.5, 0.6) is 0 Å². The molecule has 0 radical (unpaired) electrons. The van der Waals surface area contributed by atoms with Crippen molar-refractivity contribution in [3.63, 3.8) is 0 Å². The van der Waals surface area contributed by atoms with Crippen LogP contribution >= 0.6 is 11.6 Å². The van der Waals surface area contributed by atoms with Crippen LogP contribution in [0.4, 0.5) is 0 Å². The summed E-state index contributed by atoms with van der Waals surface area (Å²) in [5.41, 5.74) is 0. The smallest absolute Gasteiger partial charge is 0.323 e. The van der Waals surface area contributed by atoms with Crippen LogP contribution in [0.1, 0.15) is 24.6 Å². The average Bonchev–Trinajstić information content (AvgIpc) is 2.81. The molecule has 1 aliphatic carbocycles. The molecule has 1 aromatic heterocycles. The molecule has 5 heteroatoms. The summed E-state index contributed by atoms with van der Waals surface area (Å²) in [4.78, 5) is 14.6. The predicted octanol–water partition coefficient (Wildman–Crippen LogP) is 1.50. The second-order valence-electron chi connectivity index (χ2n) is 3.19. The minimum Gasteiger partial charge on any atom is -0.480 e. The molecule has 0 unspecified atom stereocenters. The van der Waals surface area contributed by atoms with Crippen molar-refractivity contribution >= 4 is 17.6 Å². The molecule has 70 valence electrons. The fourth-order valence-corrected chi connectivity index (χ4v) is 1.52. The number of carboxylic acid groups (broad SMARTS) is 1. The first kappa shape index (κ1) is 8.56. The number of carbonyl (C=O) groups is 1. The van der Waals surface area contributed by atoms with Crippen LogP contribution in [-0.2, 0) is 11.3 Å². The van der Waals surface area contributed by atoms with Gasteiger partial charge in [0.2, 0.25) is 0 Å². The summed E-state index contributed by atoms with van der Waals surface area (Å²) in [6, 6.07) is 0. The van der Waals surface area contributed by atoms with Crippen LogP contribution in [0, 0.1) is 0 Å². The molecule has 0 aliphatic heterocycles. The lowest BCUT2D eigenvalue weighted by Gasteiger charge is -2.03. The Bertz CT molecular complexity index is 344. The summed E-state index contributed by atoms with van der Waals surface area (Å²) in [6.45, 7) is -0.0926. The van der Waals surface area contributed by atoms with Crippen molar-refractivity contribution in [1.82, 2.24) is 9.55 Å². The first-order valence-electron chi connectivity index (χ1n) is 4.11. The third-order valence-electron chi connectivity index (χ3n) is 2.07. The minimum atomic E-state index is -0.887. The van der Waals surface area contributed by atoms with E-state index in [9.17, 15) is 4.79 Å². The summed E-state index contributed by atoms with van der Waals surface area (Å²) >= 11 is 5.80. The van der Waals surface area contributed by atoms with Gasteiger partial charge in [-0.15, -0.1) is 0 Å². The standard InChI is InChI=1S/C8H9ClN2O2/c9-6-3-10-8(5-1-2-5)11(6)4-7(12)13/h3,5H,1-2,4H2,(H,12,13). The van der Waals surface area contributed by atoms with Crippen LogP contribution < -0.4 is 0 Å². The molecule has 0 spiro atoms. The van der Waals surface area contributed by atoms with Gasteiger partial charge in [-0.3, -0.25) is 4.79 Å². The van der Waals surface area contributed by atoms with E-state index in [2.05, 4.69) is 4.98 Å². The topological polar surface area (TPSA) is 55.1 Å². The Labute approximate surface area is 80.1 Å². The summed E-state index contributed by atoms with van der Waals surface area (Å²) in [5, 5.41) is 9.04. The van der Waals surface area contributed by atoms with Crippen molar-refractivity contribution in [1.29, 1.82) is 0 Å². The van der Waals surface area contributed by atoms with Crippen molar-refractivity contribution in [2.24, 2.45) is 0 Å². The van der Waals surface area contributed by atoms with Gasteiger partial charge in [0.05, 0.1) is 6.20 Å². The van der Waals surface area contributed by atoms with Gasteiger partial charge in [-0.05, 0) is 12.8 Å². The minimum absolute atomic E-state index is 0.0926. The SMILES string of the molecule is O=C(O)Cn1c(Cl)cnc1C1CC1. The van der Waals surface area contributed by atoms with Crippen LogP contribution in [0.25, 0.3) is 0 Å². The zero-order chi connectivity index (χ0) is 9.42. The third-order valence-corrected chi connectivity index (χ3v) is 2.38. The number of imidazole rings is 1. The summed E-state index contributed by atoms with van der Waals surface area (Å²) < 4.78 is 1.56. The van der Waals surface area contributed by atoms with Crippen molar-refractivity contribution in [2.45, 2.75) is 25.3 Å². The van der Waals surface area contributed by atoms with E-state index >= 15 is 0 Å². The maximum absolute atomic E-state index is 10.5. The first-order valence-corrected chi connectivity index (χ1v) is 4.49. The monoisotopic (exact) mass is 200 g/mol. The Kier molecular flexibility index (Phi) is 2.00. The van der Waals surface area contributed by atoms with E-state index in [1.165, 1.54) is 6.20 Å². The molecule has 1 saturated carbocycles. The fourth-order valence-electron chi connectivity index (χ4n) is 1.33. The van der Waals surface area contributed by atoms with E-state index in [4.69, 9.17) is 16.7 Å². The normalized spacial score (nSPS) is 16.1. The maximum atomic E-state index is 10.5. The van der Waals surface area contributed by atoms with Gasteiger partial charge in [-0.2, -0.15) is 0 Å². The number of hydrogen-bond acceptors (Lipinski definition) is 2. The molecule has 1 aromatic rings. The molecule has 0 bridgehead atoms. The predicted molar refractivity (Wildman–Crippen MR) is 46.8 cm³/mol. The molecule has 0 amide bonds. The van der Waals surface area contributed by atoms with E-state index in [-0.39, 0.29) is 6.54 Å². The second kappa shape index (κ2) is 3.03. The Morgan fingerprint density at radius 3 is 3.00 bits per heavy atom. The molecule has 0 aromatic carbocycles. The average molecular weight is 201 g/mol. The van der Waals surface area contributed by atoms with E-state index in [0.29, 0.717) is 11.1 Å². The van der Waals surface area contributed by atoms with Crippen molar-refractivity contribution in [3.8, 4) is 0 Å². The lowest BCUT2D eigenvalue weighted by atomic mass is 10.4. The Morgan fingerprint density at radius 2 is 2.46 bits per heavy atom. The first-order chi connectivity index (χ1) is 6.18. The fraction of sp³-hybridized carbons (Fsp3) is 0.500. The number of aromatic nitrogens is 2. The van der Waals surface area contributed by atoms with Gasteiger partial charge < -0.3 is 9.67 Å². The quantitative estimate of drug-likeness (QED) is 0.805. The van der Waals surface area contributed by atoms with Crippen molar-refractivity contribution < 1.29 is 9.90 Å². The highest BCUT2D eigenvalue weighted by Crippen LogP contribution is 2.39. The molecule has 1 N–H and O–H groups in total. The lowest BCUT2D eigenvalue weighted by Crippen LogP contribution is -2.11. The van der Waals surface area contributed by atoms with E-state index in [0.717, 1.165) is 18.7 Å². The van der Waals surface area contributed by atoms with E-state index in [1.807, 2.05) is 0 Å². The molecule has 1 fully saturated rings. The van der Waals surface area contributed by atoms with Crippen LogP contribution in [0.2, 0.25) is 5.15 Å². The lowest BCUT2D eigenvalue weighted by molar-refractivity contribution is -0.137. The third kappa shape index (κ3) is 1.67. The van der Waals surface area contributed by atoms with Gasteiger partial charge >= 0.3 is 5.97 Å². The Balaban J connectivity index is 2.28. The number of nitrogens with zero attached hydrogens (tertiary/aromatic N) is 2. The van der Waals surface area contributed by atoms with Gasteiger partial charge in [0.15, 0.2) is 0 Å². The molecule has 1 heterocycles. The van der Waals surface area contributed by atoms with Gasteiger partial charge in [-0.1, -0.05) is 11.6 Å². The number of aliphatic carboxylic acids is 1. The van der Waals surface area contributed by atoms with Gasteiger partial charge in [0.1, 0.15) is 17.5 Å². The summed E-state index contributed by atoms with van der Waals surface area (Å²) in [5.74, 6) is 0.348. The second-order valence-corrected chi connectivity index (χ2v) is 3.58. The molecule has 1 aliphatic rings. The number of rotatable bonds is 3. The number of halogens is 1. The summed E-state index contributed by atoms with van der Waals surface area (Å²) in [7, 11) is 0. The Morgan fingerprint density at radius 1 is 1.77 bits per heavy atom. The Hall–Kier alpha value is -1.03. The molecule has 13 heavy (non-hydrogen) atoms. The zero-order valence-electron chi connectivity index (χ0n) is 6.90. The van der Waals surface area contributed by atoms with Crippen LogP contribution in [0.3, 0.4) is 0 Å². The molecular formula is C8H9ClN2O2. The van der Waals surface area contributed by atoms with Gasteiger partial charge in [0, 0.05) is 5.92 Å². The highest BCUT2D eigenvalue weighted by atomic mass is 35.5. The highest BCUT2D eigenvalue weighted by molar-refractivity contribution is 6.29. The van der Waals surface area contributed by atoms with Crippen molar-refractivity contribution in [3.05, 3.63) is 17.2 Å². The molecule has 0 saturated heterocycles. The molecule has 2 rings (SSSR count). The number of carboxylic acids is 1. The molecular weight excluding hydrogens is 192 g/mol. The maximum Gasteiger partial charge on any atom is 0.323 e. The van der Waals surface area contributed by atoms with Gasteiger partial charge in [0.25, 0.3) is 0 Å². The van der Waals surface area contributed by atoms with E-state index in [1.54, 1.807) is 4.57 Å². The highest BCUT2D eigenvalue weighted by Gasteiger charge is 2.29. The number of hydrogen-bond donors (Lipinski definition) is 1. The van der Waals surface area contributed by atoms with E-state index < -0.39 is 5.97 Å². The van der Waals surface area contributed by atoms with Crippen LogP contribution in [0.15, 0.2) is 6.20 Å². The zero-order valence-corrected chi connectivity index (χ0v) is 7.66. The summed E-state index contributed by atoms with van der Waals surface area (Å²) in [6.07, 6.45) is 3.69. The molecule has 4 nitrogen and oxygen atoms in total. The van der Waals surface area contributed by atoms with Crippen molar-refractivity contribution in [2.75, 3.05) is 0 Å².